The Hall–Kier alpha value is -1.34. The van der Waals surface area contributed by atoms with Crippen LogP contribution in [-0.2, 0) is 10.0 Å². The van der Waals surface area contributed by atoms with Crippen molar-refractivity contribution in [1.82, 2.24) is 8.87 Å². The molecule has 0 amide bonds. The lowest BCUT2D eigenvalue weighted by Crippen LogP contribution is -2.27. The second-order valence-corrected chi connectivity index (χ2v) is 7.23. The highest BCUT2D eigenvalue weighted by molar-refractivity contribution is 7.89. The Bertz CT molecular complexity index is 602. The van der Waals surface area contributed by atoms with E-state index >= 15 is 0 Å². The molecule has 1 N–H and O–H groups in total. The van der Waals surface area contributed by atoms with Gasteiger partial charge in [-0.25, -0.2) is 17.5 Å². The van der Waals surface area contributed by atoms with Crippen molar-refractivity contribution >= 4 is 16.0 Å². The van der Waals surface area contributed by atoms with E-state index in [1.54, 1.807) is 4.57 Å². The van der Waals surface area contributed by atoms with Gasteiger partial charge in [-0.05, 0) is 25.3 Å². The average molecular weight is 300 g/mol. The summed E-state index contributed by atoms with van der Waals surface area (Å²) >= 11 is 0. The first-order valence-corrected chi connectivity index (χ1v) is 8.23. The SMILES string of the molecule is CCCCN(C)S(=O)(=O)c1cc(C(=O)O)n(C2CC2)c1. The monoisotopic (exact) mass is 300 g/mol. The van der Waals surface area contributed by atoms with E-state index in [-0.39, 0.29) is 16.6 Å². The first-order valence-electron chi connectivity index (χ1n) is 6.79. The molecule has 1 aromatic heterocycles. The van der Waals surface area contributed by atoms with Crippen molar-refractivity contribution < 1.29 is 18.3 Å². The van der Waals surface area contributed by atoms with Crippen LogP contribution in [0.3, 0.4) is 0 Å². The Morgan fingerprint density at radius 2 is 2.15 bits per heavy atom. The van der Waals surface area contributed by atoms with E-state index in [0.29, 0.717) is 6.54 Å². The Morgan fingerprint density at radius 3 is 2.65 bits per heavy atom. The number of nitrogens with zero attached hydrogens (tertiary/aromatic N) is 2. The van der Waals surface area contributed by atoms with Gasteiger partial charge < -0.3 is 9.67 Å². The molecule has 1 saturated carbocycles. The molecule has 0 spiro atoms. The number of sulfonamides is 1. The highest BCUT2D eigenvalue weighted by atomic mass is 32.2. The van der Waals surface area contributed by atoms with Crippen LogP contribution in [0.25, 0.3) is 0 Å². The molecule has 1 heterocycles. The van der Waals surface area contributed by atoms with Crippen molar-refractivity contribution in [1.29, 1.82) is 0 Å². The molecule has 1 aliphatic carbocycles. The van der Waals surface area contributed by atoms with Gasteiger partial charge in [0.15, 0.2) is 0 Å². The molecular weight excluding hydrogens is 280 g/mol. The number of rotatable bonds is 7. The Kier molecular flexibility index (Phi) is 4.19. The summed E-state index contributed by atoms with van der Waals surface area (Å²) in [5.41, 5.74) is 0.0509. The van der Waals surface area contributed by atoms with Crippen molar-refractivity contribution in [3.05, 3.63) is 18.0 Å². The Labute approximate surface area is 119 Å². The molecule has 0 radical (unpaired) electrons. The normalized spacial score (nSPS) is 15.8. The highest BCUT2D eigenvalue weighted by Crippen LogP contribution is 2.37. The summed E-state index contributed by atoms with van der Waals surface area (Å²) in [5, 5.41) is 9.17. The van der Waals surface area contributed by atoms with E-state index in [1.165, 1.54) is 23.6 Å². The summed E-state index contributed by atoms with van der Waals surface area (Å²) < 4.78 is 27.6. The van der Waals surface area contributed by atoms with Crippen LogP contribution < -0.4 is 0 Å². The summed E-state index contributed by atoms with van der Waals surface area (Å²) in [5.74, 6) is -1.09. The quantitative estimate of drug-likeness (QED) is 0.834. The minimum atomic E-state index is -3.60. The lowest BCUT2D eigenvalue weighted by molar-refractivity contribution is 0.0685. The molecular formula is C13H20N2O4S. The standard InChI is InChI=1S/C13H20N2O4S/c1-3-4-7-14(2)20(18,19)11-8-12(13(16)17)15(9-11)10-5-6-10/h8-10H,3-7H2,1-2H3,(H,16,17). The van der Waals surface area contributed by atoms with Crippen LogP contribution in [0, 0.1) is 0 Å². The van der Waals surface area contributed by atoms with Crippen LogP contribution in [0.1, 0.15) is 49.1 Å². The number of unbranched alkanes of at least 4 members (excludes halogenated alkanes) is 1. The molecule has 1 aliphatic rings. The molecule has 0 aliphatic heterocycles. The lowest BCUT2D eigenvalue weighted by Gasteiger charge is -2.15. The van der Waals surface area contributed by atoms with E-state index in [2.05, 4.69) is 0 Å². The van der Waals surface area contributed by atoms with Crippen LogP contribution in [0.4, 0.5) is 0 Å². The van der Waals surface area contributed by atoms with Crippen LogP contribution in [0.2, 0.25) is 0 Å². The molecule has 0 saturated heterocycles. The lowest BCUT2D eigenvalue weighted by atomic mass is 10.3. The average Bonchev–Trinajstić information content (AvgIpc) is 3.13. The second kappa shape index (κ2) is 5.57. The van der Waals surface area contributed by atoms with E-state index in [1.807, 2.05) is 6.92 Å². The van der Waals surface area contributed by atoms with E-state index in [0.717, 1.165) is 25.7 Å². The molecule has 2 rings (SSSR count). The predicted octanol–water partition coefficient (Wildman–Crippen LogP) is 1.94. The van der Waals surface area contributed by atoms with E-state index in [9.17, 15) is 18.3 Å². The topological polar surface area (TPSA) is 79.6 Å². The minimum Gasteiger partial charge on any atom is -0.477 e. The number of hydrogen-bond donors (Lipinski definition) is 1. The van der Waals surface area contributed by atoms with Crippen molar-refractivity contribution in [3.8, 4) is 0 Å². The number of hydrogen-bond acceptors (Lipinski definition) is 3. The van der Waals surface area contributed by atoms with Crippen molar-refractivity contribution in [2.75, 3.05) is 13.6 Å². The molecule has 0 atom stereocenters. The van der Waals surface area contributed by atoms with Crippen molar-refractivity contribution in [2.45, 2.75) is 43.5 Å². The molecule has 1 aromatic rings. The summed E-state index contributed by atoms with van der Waals surface area (Å²) in [6.07, 6.45) is 4.95. The molecule has 6 nitrogen and oxygen atoms in total. The van der Waals surface area contributed by atoms with Crippen molar-refractivity contribution in [2.24, 2.45) is 0 Å². The summed E-state index contributed by atoms with van der Waals surface area (Å²) in [4.78, 5) is 11.3. The summed E-state index contributed by atoms with van der Waals surface area (Å²) in [7, 11) is -2.08. The molecule has 112 valence electrons. The van der Waals surface area contributed by atoms with Gasteiger partial charge in [0.1, 0.15) is 10.6 Å². The molecule has 1 fully saturated rings. The third-order valence-electron chi connectivity index (χ3n) is 3.52. The summed E-state index contributed by atoms with van der Waals surface area (Å²) in [6.45, 7) is 2.43. The Morgan fingerprint density at radius 1 is 1.50 bits per heavy atom. The zero-order valence-electron chi connectivity index (χ0n) is 11.7. The predicted molar refractivity (Wildman–Crippen MR) is 74.4 cm³/mol. The minimum absolute atomic E-state index is 0.0509. The van der Waals surface area contributed by atoms with Gasteiger partial charge in [0, 0.05) is 25.8 Å². The van der Waals surface area contributed by atoms with E-state index in [4.69, 9.17) is 0 Å². The maximum Gasteiger partial charge on any atom is 0.352 e. The maximum atomic E-state index is 12.4. The number of carboxylic acid groups (broad SMARTS) is 1. The fourth-order valence-corrected chi connectivity index (χ4v) is 3.34. The van der Waals surface area contributed by atoms with Gasteiger partial charge in [0.25, 0.3) is 0 Å². The van der Waals surface area contributed by atoms with Gasteiger partial charge in [0.05, 0.1) is 0 Å². The molecule has 20 heavy (non-hydrogen) atoms. The fraction of sp³-hybridized carbons (Fsp3) is 0.615. The first-order chi connectivity index (χ1) is 9.37. The maximum absolute atomic E-state index is 12.4. The van der Waals surface area contributed by atoms with Crippen LogP contribution in [0.15, 0.2) is 17.2 Å². The number of aromatic nitrogens is 1. The molecule has 0 bridgehead atoms. The largest absolute Gasteiger partial charge is 0.477 e. The van der Waals surface area contributed by atoms with E-state index < -0.39 is 16.0 Å². The zero-order valence-corrected chi connectivity index (χ0v) is 12.6. The van der Waals surface area contributed by atoms with Gasteiger partial charge in [-0.2, -0.15) is 0 Å². The molecule has 0 aromatic carbocycles. The summed E-state index contributed by atoms with van der Waals surface area (Å²) in [6, 6.07) is 1.39. The van der Waals surface area contributed by atoms with Crippen LogP contribution in [0.5, 0.6) is 0 Å². The highest BCUT2D eigenvalue weighted by Gasteiger charge is 2.31. The van der Waals surface area contributed by atoms with Crippen LogP contribution >= 0.6 is 0 Å². The fourth-order valence-electron chi connectivity index (χ4n) is 2.10. The van der Waals surface area contributed by atoms with Gasteiger partial charge in [-0.1, -0.05) is 13.3 Å². The first kappa shape index (κ1) is 15.1. The Balaban J connectivity index is 2.32. The second-order valence-electron chi connectivity index (χ2n) is 5.18. The zero-order chi connectivity index (χ0) is 14.9. The van der Waals surface area contributed by atoms with Gasteiger partial charge in [-0.15, -0.1) is 0 Å². The molecule has 7 heteroatoms. The number of carbonyl (C=O) groups is 1. The van der Waals surface area contributed by atoms with Crippen LogP contribution in [-0.4, -0.2) is 42.0 Å². The van der Waals surface area contributed by atoms with Gasteiger partial charge >= 0.3 is 5.97 Å². The van der Waals surface area contributed by atoms with Gasteiger partial charge in [-0.3, -0.25) is 0 Å². The smallest absolute Gasteiger partial charge is 0.352 e. The number of carboxylic acids is 1. The van der Waals surface area contributed by atoms with Gasteiger partial charge in [0.2, 0.25) is 10.0 Å². The molecule has 0 unspecified atom stereocenters. The van der Waals surface area contributed by atoms with Crippen molar-refractivity contribution in [3.63, 3.8) is 0 Å². The third kappa shape index (κ3) is 2.88. The number of aromatic carboxylic acids is 1. The third-order valence-corrected chi connectivity index (χ3v) is 5.34.